The molecule has 0 amide bonds. The Morgan fingerprint density at radius 3 is 2.56 bits per heavy atom. The molecule has 1 nitrogen and oxygen atoms in total. The second-order valence-corrected chi connectivity index (χ2v) is 5.40. The standard InChI is InChI=1S/C14H20BrF2N/c1-3-5-6-10(4-2)9-18-14-12(15)7-11(16)8-13(14)17/h7-8,10,18H,3-6,9H2,1-2H3. The molecule has 0 spiro atoms. The van der Waals surface area contributed by atoms with Crippen LogP contribution >= 0.6 is 15.9 Å². The van der Waals surface area contributed by atoms with Crippen LogP contribution in [0.4, 0.5) is 14.5 Å². The van der Waals surface area contributed by atoms with Crippen molar-refractivity contribution in [1.82, 2.24) is 0 Å². The zero-order valence-electron chi connectivity index (χ0n) is 10.9. The molecule has 1 rings (SSSR count). The Morgan fingerprint density at radius 2 is 2.00 bits per heavy atom. The van der Waals surface area contributed by atoms with Crippen molar-refractivity contribution >= 4 is 21.6 Å². The molecule has 0 fully saturated rings. The van der Waals surface area contributed by atoms with Crippen LogP contribution in [-0.4, -0.2) is 6.54 Å². The van der Waals surface area contributed by atoms with E-state index in [9.17, 15) is 8.78 Å². The molecule has 0 heterocycles. The van der Waals surface area contributed by atoms with E-state index in [1.165, 1.54) is 18.9 Å². The van der Waals surface area contributed by atoms with Crippen LogP contribution < -0.4 is 5.32 Å². The highest BCUT2D eigenvalue weighted by Crippen LogP contribution is 2.27. The van der Waals surface area contributed by atoms with Gasteiger partial charge in [0.05, 0.1) is 5.69 Å². The Kier molecular flexibility index (Phi) is 6.61. The number of nitrogens with one attached hydrogen (secondary N) is 1. The van der Waals surface area contributed by atoms with Gasteiger partial charge in [-0.3, -0.25) is 0 Å². The van der Waals surface area contributed by atoms with Crippen molar-refractivity contribution in [2.75, 3.05) is 11.9 Å². The van der Waals surface area contributed by atoms with Gasteiger partial charge in [0.25, 0.3) is 0 Å². The fourth-order valence-corrected chi connectivity index (χ4v) is 2.45. The maximum Gasteiger partial charge on any atom is 0.150 e. The summed E-state index contributed by atoms with van der Waals surface area (Å²) in [7, 11) is 0. The predicted octanol–water partition coefficient (Wildman–Crippen LogP) is 5.36. The van der Waals surface area contributed by atoms with Gasteiger partial charge in [0.2, 0.25) is 0 Å². The van der Waals surface area contributed by atoms with Gasteiger partial charge in [0, 0.05) is 17.1 Å². The van der Waals surface area contributed by atoms with Crippen molar-refractivity contribution < 1.29 is 8.78 Å². The van der Waals surface area contributed by atoms with Crippen molar-refractivity contribution in [3.05, 3.63) is 28.2 Å². The van der Waals surface area contributed by atoms with E-state index >= 15 is 0 Å². The van der Waals surface area contributed by atoms with Crippen LogP contribution in [0.25, 0.3) is 0 Å². The Labute approximate surface area is 116 Å². The summed E-state index contributed by atoms with van der Waals surface area (Å²) in [5, 5.41) is 3.08. The molecule has 1 N–H and O–H groups in total. The van der Waals surface area contributed by atoms with E-state index in [0.717, 1.165) is 25.5 Å². The van der Waals surface area contributed by atoms with Crippen molar-refractivity contribution in [3.63, 3.8) is 0 Å². The number of unbranched alkanes of at least 4 members (excludes halogenated alkanes) is 1. The largest absolute Gasteiger partial charge is 0.381 e. The molecule has 102 valence electrons. The lowest BCUT2D eigenvalue weighted by Gasteiger charge is -2.17. The molecule has 1 aromatic rings. The zero-order valence-corrected chi connectivity index (χ0v) is 12.5. The Hall–Kier alpha value is -0.640. The zero-order chi connectivity index (χ0) is 13.5. The lowest BCUT2D eigenvalue weighted by molar-refractivity contribution is 0.471. The molecule has 0 aliphatic carbocycles. The van der Waals surface area contributed by atoms with Crippen LogP contribution in [0.5, 0.6) is 0 Å². The summed E-state index contributed by atoms with van der Waals surface area (Å²) in [6.07, 6.45) is 4.56. The first kappa shape index (κ1) is 15.4. The summed E-state index contributed by atoms with van der Waals surface area (Å²) in [6.45, 7) is 5.02. The Balaban J connectivity index is 2.62. The normalized spacial score (nSPS) is 12.5. The first-order chi connectivity index (χ1) is 8.58. The summed E-state index contributed by atoms with van der Waals surface area (Å²) < 4.78 is 27.0. The lowest BCUT2D eigenvalue weighted by atomic mass is 9.99. The van der Waals surface area contributed by atoms with Crippen molar-refractivity contribution in [2.45, 2.75) is 39.5 Å². The molecule has 0 saturated heterocycles. The SMILES string of the molecule is CCCCC(CC)CNc1c(F)cc(F)cc1Br. The van der Waals surface area contributed by atoms with E-state index in [1.54, 1.807) is 0 Å². The number of hydrogen-bond donors (Lipinski definition) is 1. The van der Waals surface area contributed by atoms with Gasteiger partial charge in [-0.25, -0.2) is 8.78 Å². The third kappa shape index (κ3) is 4.56. The molecule has 0 aromatic heterocycles. The highest BCUT2D eigenvalue weighted by molar-refractivity contribution is 9.10. The Bertz CT molecular complexity index is 359. The van der Waals surface area contributed by atoms with Crippen LogP contribution in [0.15, 0.2) is 16.6 Å². The van der Waals surface area contributed by atoms with Gasteiger partial charge in [0.15, 0.2) is 0 Å². The number of rotatable bonds is 7. The predicted molar refractivity (Wildman–Crippen MR) is 75.9 cm³/mol. The molecular weight excluding hydrogens is 300 g/mol. The first-order valence-corrected chi connectivity index (χ1v) is 7.26. The number of benzene rings is 1. The highest BCUT2D eigenvalue weighted by atomic mass is 79.9. The topological polar surface area (TPSA) is 12.0 Å². The average molecular weight is 320 g/mol. The molecule has 4 heteroatoms. The summed E-state index contributed by atoms with van der Waals surface area (Å²) in [6, 6.07) is 2.18. The van der Waals surface area contributed by atoms with Gasteiger partial charge in [-0.15, -0.1) is 0 Å². The van der Waals surface area contributed by atoms with Crippen LogP contribution in [0.3, 0.4) is 0 Å². The van der Waals surface area contributed by atoms with Gasteiger partial charge in [-0.1, -0.05) is 33.1 Å². The molecule has 1 atom stereocenters. The first-order valence-electron chi connectivity index (χ1n) is 6.46. The van der Waals surface area contributed by atoms with E-state index < -0.39 is 11.6 Å². The number of hydrogen-bond acceptors (Lipinski definition) is 1. The minimum Gasteiger partial charge on any atom is -0.381 e. The summed E-state index contributed by atoms with van der Waals surface area (Å²) in [4.78, 5) is 0. The molecule has 0 radical (unpaired) electrons. The van der Waals surface area contributed by atoms with Crippen LogP contribution in [0, 0.1) is 17.6 Å². The highest BCUT2D eigenvalue weighted by Gasteiger charge is 2.11. The van der Waals surface area contributed by atoms with Gasteiger partial charge < -0.3 is 5.32 Å². The Morgan fingerprint density at radius 1 is 1.28 bits per heavy atom. The average Bonchev–Trinajstić information content (AvgIpc) is 2.31. The van der Waals surface area contributed by atoms with Crippen LogP contribution in [-0.2, 0) is 0 Å². The molecule has 0 bridgehead atoms. The van der Waals surface area contributed by atoms with E-state index in [2.05, 4.69) is 35.1 Å². The summed E-state index contributed by atoms with van der Waals surface area (Å²) in [5.74, 6) is -0.587. The van der Waals surface area contributed by atoms with Crippen molar-refractivity contribution in [1.29, 1.82) is 0 Å². The third-order valence-corrected chi connectivity index (χ3v) is 3.74. The fraction of sp³-hybridized carbons (Fsp3) is 0.571. The monoisotopic (exact) mass is 319 g/mol. The minimum absolute atomic E-state index is 0.353. The van der Waals surface area contributed by atoms with Crippen molar-refractivity contribution in [3.8, 4) is 0 Å². The van der Waals surface area contributed by atoms with Gasteiger partial charge in [0.1, 0.15) is 11.6 Å². The number of anilines is 1. The summed E-state index contributed by atoms with van der Waals surface area (Å²) >= 11 is 3.18. The number of halogens is 3. The molecule has 1 aromatic carbocycles. The second kappa shape index (κ2) is 7.72. The van der Waals surface area contributed by atoms with Crippen molar-refractivity contribution in [2.24, 2.45) is 5.92 Å². The van der Waals surface area contributed by atoms with E-state index in [-0.39, 0.29) is 0 Å². The third-order valence-electron chi connectivity index (χ3n) is 3.12. The van der Waals surface area contributed by atoms with Gasteiger partial charge in [-0.2, -0.15) is 0 Å². The summed E-state index contributed by atoms with van der Waals surface area (Å²) in [5.41, 5.74) is 0.353. The quantitative estimate of drug-likeness (QED) is 0.713. The molecule has 0 saturated carbocycles. The minimum atomic E-state index is -0.567. The van der Waals surface area contributed by atoms with E-state index in [0.29, 0.717) is 16.1 Å². The van der Waals surface area contributed by atoms with E-state index in [1.807, 2.05) is 0 Å². The second-order valence-electron chi connectivity index (χ2n) is 4.54. The van der Waals surface area contributed by atoms with Crippen LogP contribution in [0.2, 0.25) is 0 Å². The molecule has 0 aliphatic heterocycles. The van der Waals surface area contributed by atoms with Gasteiger partial charge in [-0.05, 0) is 34.3 Å². The molecule has 1 unspecified atom stereocenters. The van der Waals surface area contributed by atoms with E-state index in [4.69, 9.17) is 0 Å². The lowest BCUT2D eigenvalue weighted by Crippen LogP contribution is -2.15. The maximum absolute atomic E-state index is 13.6. The van der Waals surface area contributed by atoms with Crippen LogP contribution in [0.1, 0.15) is 39.5 Å². The smallest absolute Gasteiger partial charge is 0.150 e. The molecule has 18 heavy (non-hydrogen) atoms. The molecular formula is C14H20BrF2N. The fourth-order valence-electron chi connectivity index (χ4n) is 1.90. The molecule has 0 aliphatic rings. The van der Waals surface area contributed by atoms with Gasteiger partial charge >= 0.3 is 0 Å². The maximum atomic E-state index is 13.6.